The second-order valence-corrected chi connectivity index (χ2v) is 6.73. The molecule has 3 aromatic rings. The standard InChI is InChI=1S/C22H19ClNOS/c23-19-13-17(22(25)20(24)14-26)11-12-18(19)21(15-7-3-1-4-8-15)16-9-5-2-6-10-16/h1-13,20,26H,14,24H2/t20-/m0/s1. The molecule has 0 aliphatic rings. The van der Waals surface area contributed by atoms with Gasteiger partial charge < -0.3 is 5.73 Å². The van der Waals surface area contributed by atoms with E-state index >= 15 is 0 Å². The third kappa shape index (κ3) is 4.01. The molecule has 1 radical (unpaired) electrons. The topological polar surface area (TPSA) is 43.1 Å². The minimum Gasteiger partial charge on any atom is -0.321 e. The molecular weight excluding hydrogens is 362 g/mol. The quantitative estimate of drug-likeness (QED) is 0.366. The summed E-state index contributed by atoms with van der Waals surface area (Å²) >= 11 is 10.7. The molecule has 3 rings (SSSR count). The molecule has 2 N–H and O–H groups in total. The van der Waals surface area contributed by atoms with E-state index < -0.39 is 6.04 Å². The van der Waals surface area contributed by atoms with E-state index in [2.05, 4.69) is 36.9 Å². The van der Waals surface area contributed by atoms with Crippen LogP contribution in [-0.4, -0.2) is 17.6 Å². The molecule has 131 valence electrons. The van der Waals surface area contributed by atoms with Crippen molar-refractivity contribution in [3.8, 4) is 0 Å². The summed E-state index contributed by atoms with van der Waals surface area (Å²) in [6, 6.07) is 24.9. The first-order valence-electron chi connectivity index (χ1n) is 8.30. The van der Waals surface area contributed by atoms with Crippen LogP contribution >= 0.6 is 24.2 Å². The van der Waals surface area contributed by atoms with Crippen molar-refractivity contribution in [3.05, 3.63) is 112 Å². The SMILES string of the molecule is N[C@@H](CS)C(=O)c1ccc([C](c2ccccc2)c2ccccc2)c(Cl)c1. The highest BCUT2D eigenvalue weighted by Gasteiger charge is 2.22. The fraction of sp³-hybridized carbons (Fsp3) is 0.0909. The minimum absolute atomic E-state index is 0.158. The number of hydrogen-bond acceptors (Lipinski definition) is 3. The lowest BCUT2D eigenvalue weighted by Gasteiger charge is -2.20. The first-order valence-corrected chi connectivity index (χ1v) is 9.31. The van der Waals surface area contributed by atoms with Gasteiger partial charge in [-0.15, -0.1) is 0 Å². The average Bonchev–Trinajstić information content (AvgIpc) is 2.70. The fourth-order valence-corrected chi connectivity index (χ4v) is 3.30. The highest BCUT2D eigenvalue weighted by Crippen LogP contribution is 2.35. The first kappa shape index (κ1) is 18.7. The number of hydrogen-bond donors (Lipinski definition) is 2. The van der Waals surface area contributed by atoms with E-state index in [0.29, 0.717) is 16.3 Å². The van der Waals surface area contributed by atoms with Crippen molar-refractivity contribution >= 4 is 30.0 Å². The summed E-state index contributed by atoms with van der Waals surface area (Å²) < 4.78 is 0. The highest BCUT2D eigenvalue weighted by molar-refractivity contribution is 7.80. The fourth-order valence-electron chi connectivity index (χ4n) is 2.86. The van der Waals surface area contributed by atoms with Gasteiger partial charge in [0.25, 0.3) is 0 Å². The second kappa shape index (κ2) is 8.54. The molecule has 0 aromatic heterocycles. The van der Waals surface area contributed by atoms with E-state index in [9.17, 15) is 4.79 Å². The maximum atomic E-state index is 12.3. The summed E-state index contributed by atoms with van der Waals surface area (Å²) in [5.74, 6) is 1.16. The van der Waals surface area contributed by atoms with Crippen molar-refractivity contribution in [1.29, 1.82) is 0 Å². The Balaban J connectivity index is 2.07. The number of Topliss-reactive ketones (excluding diaryl/α,β-unsaturated/α-hetero) is 1. The number of rotatable bonds is 6. The van der Waals surface area contributed by atoms with Crippen molar-refractivity contribution in [2.24, 2.45) is 5.73 Å². The van der Waals surface area contributed by atoms with Crippen molar-refractivity contribution in [3.63, 3.8) is 0 Å². The molecule has 0 heterocycles. The van der Waals surface area contributed by atoms with Crippen LogP contribution in [0, 0.1) is 5.92 Å². The van der Waals surface area contributed by atoms with Gasteiger partial charge in [0, 0.05) is 16.3 Å². The van der Waals surface area contributed by atoms with Crippen molar-refractivity contribution in [2.45, 2.75) is 6.04 Å². The molecule has 0 aliphatic heterocycles. The zero-order chi connectivity index (χ0) is 18.5. The van der Waals surface area contributed by atoms with Gasteiger partial charge in [-0.25, -0.2) is 0 Å². The molecule has 0 saturated heterocycles. The summed E-state index contributed by atoms with van der Waals surface area (Å²) in [5, 5.41) is 0.518. The summed E-state index contributed by atoms with van der Waals surface area (Å²) in [4.78, 5) is 12.3. The molecule has 26 heavy (non-hydrogen) atoms. The van der Waals surface area contributed by atoms with Gasteiger partial charge in [0.2, 0.25) is 0 Å². The number of thiol groups is 1. The normalized spacial score (nSPS) is 12.2. The molecule has 0 amide bonds. The van der Waals surface area contributed by atoms with Crippen LogP contribution in [0.15, 0.2) is 78.9 Å². The van der Waals surface area contributed by atoms with E-state index in [0.717, 1.165) is 22.6 Å². The van der Waals surface area contributed by atoms with E-state index in [-0.39, 0.29) is 5.78 Å². The van der Waals surface area contributed by atoms with E-state index in [1.54, 1.807) is 12.1 Å². The summed E-state index contributed by atoms with van der Waals surface area (Å²) in [6.45, 7) is 0. The smallest absolute Gasteiger partial charge is 0.180 e. The Bertz CT molecular complexity index is 844. The Hall–Kier alpha value is -2.07. The average molecular weight is 381 g/mol. The molecule has 0 bridgehead atoms. The van der Waals surface area contributed by atoms with Crippen molar-refractivity contribution < 1.29 is 4.79 Å². The van der Waals surface area contributed by atoms with Crippen LogP contribution < -0.4 is 5.73 Å². The molecule has 0 aliphatic carbocycles. The van der Waals surface area contributed by atoms with E-state index in [4.69, 9.17) is 17.3 Å². The van der Waals surface area contributed by atoms with Gasteiger partial charge in [-0.2, -0.15) is 12.6 Å². The Kier molecular flexibility index (Phi) is 6.15. The van der Waals surface area contributed by atoms with E-state index in [1.807, 2.05) is 42.5 Å². The lowest BCUT2D eigenvalue weighted by atomic mass is 9.84. The van der Waals surface area contributed by atoms with Crippen LogP contribution in [0.1, 0.15) is 27.0 Å². The van der Waals surface area contributed by atoms with Crippen LogP contribution in [-0.2, 0) is 0 Å². The summed E-state index contributed by atoms with van der Waals surface area (Å²) in [6.07, 6.45) is 0. The molecule has 0 fully saturated rings. The predicted molar refractivity (Wildman–Crippen MR) is 111 cm³/mol. The van der Waals surface area contributed by atoms with Gasteiger partial charge in [0.05, 0.1) is 12.0 Å². The van der Waals surface area contributed by atoms with Crippen LogP contribution in [0.3, 0.4) is 0 Å². The number of carbonyl (C=O) groups excluding carboxylic acids is 1. The van der Waals surface area contributed by atoms with Crippen LogP contribution in [0.4, 0.5) is 0 Å². The molecule has 3 aromatic carbocycles. The molecule has 0 saturated carbocycles. The van der Waals surface area contributed by atoms with Gasteiger partial charge in [-0.1, -0.05) is 84.4 Å². The van der Waals surface area contributed by atoms with Crippen LogP contribution in [0.5, 0.6) is 0 Å². The Morgan fingerprint density at radius 2 is 1.42 bits per heavy atom. The number of nitrogens with two attached hydrogens (primary N) is 1. The number of ketones is 1. The zero-order valence-corrected chi connectivity index (χ0v) is 15.8. The van der Waals surface area contributed by atoms with Crippen molar-refractivity contribution in [2.75, 3.05) is 5.75 Å². The molecular formula is C22H19ClNOS. The van der Waals surface area contributed by atoms with Gasteiger partial charge in [0.1, 0.15) is 0 Å². The lowest BCUT2D eigenvalue weighted by Crippen LogP contribution is -2.32. The third-order valence-electron chi connectivity index (χ3n) is 4.18. The van der Waals surface area contributed by atoms with Gasteiger partial charge in [-0.05, 0) is 22.8 Å². The summed E-state index contributed by atoms with van der Waals surface area (Å²) in [5.41, 5.74) is 9.30. The minimum atomic E-state index is -0.632. The third-order valence-corrected chi connectivity index (χ3v) is 4.89. The Morgan fingerprint density at radius 3 is 1.88 bits per heavy atom. The molecule has 4 heteroatoms. The number of halogens is 1. The maximum absolute atomic E-state index is 12.3. The Morgan fingerprint density at radius 1 is 0.885 bits per heavy atom. The molecule has 2 nitrogen and oxygen atoms in total. The Labute approximate surface area is 164 Å². The van der Waals surface area contributed by atoms with Gasteiger partial charge in [0.15, 0.2) is 5.78 Å². The van der Waals surface area contributed by atoms with Gasteiger partial charge in [-0.3, -0.25) is 4.79 Å². The number of benzene rings is 3. The monoisotopic (exact) mass is 380 g/mol. The number of carbonyl (C=O) groups is 1. The largest absolute Gasteiger partial charge is 0.321 e. The zero-order valence-electron chi connectivity index (χ0n) is 14.1. The van der Waals surface area contributed by atoms with Gasteiger partial charge >= 0.3 is 0 Å². The van der Waals surface area contributed by atoms with Crippen LogP contribution in [0.25, 0.3) is 0 Å². The lowest BCUT2D eigenvalue weighted by molar-refractivity contribution is 0.0970. The highest BCUT2D eigenvalue weighted by atomic mass is 35.5. The van der Waals surface area contributed by atoms with E-state index in [1.165, 1.54) is 0 Å². The predicted octanol–water partition coefficient (Wildman–Crippen LogP) is 4.80. The summed E-state index contributed by atoms with van der Waals surface area (Å²) in [7, 11) is 0. The molecule has 0 unspecified atom stereocenters. The van der Waals surface area contributed by atoms with Crippen LogP contribution in [0.2, 0.25) is 5.02 Å². The molecule has 1 atom stereocenters. The van der Waals surface area contributed by atoms with Crippen molar-refractivity contribution in [1.82, 2.24) is 0 Å². The molecule has 0 spiro atoms. The second-order valence-electron chi connectivity index (χ2n) is 5.95. The first-order chi connectivity index (χ1) is 12.6. The maximum Gasteiger partial charge on any atom is 0.180 e.